The fourth-order valence-corrected chi connectivity index (χ4v) is 6.09. The molecule has 0 aromatic heterocycles. The summed E-state index contributed by atoms with van der Waals surface area (Å²) in [7, 11) is 0. The Labute approximate surface area is 183 Å². The van der Waals surface area contributed by atoms with Crippen LogP contribution in [0, 0.1) is 17.6 Å². The van der Waals surface area contributed by atoms with E-state index in [9.17, 15) is 8.78 Å². The summed E-state index contributed by atoms with van der Waals surface area (Å²) in [5.74, 6) is -0.693. The number of thioether (sulfide) groups is 1. The minimum Gasteiger partial charge on any atom is -0.493 e. The molecule has 0 saturated heterocycles. The Hall–Kier alpha value is -2.86. The van der Waals surface area contributed by atoms with Crippen molar-refractivity contribution in [3.8, 4) is 5.75 Å². The Kier molecular flexibility index (Phi) is 4.00. The minimum absolute atomic E-state index is 0.0266. The van der Waals surface area contributed by atoms with Crippen LogP contribution in [0.4, 0.5) is 8.78 Å². The SMILES string of the molecule is CC1(C)[C@H]2COc3ccc4ccccc4c3[C@H]2N=C2SC=C(c3ccc(F)c(F)c3)N21. The van der Waals surface area contributed by atoms with Crippen LogP contribution in [0.5, 0.6) is 5.75 Å². The molecule has 6 rings (SSSR count). The van der Waals surface area contributed by atoms with Gasteiger partial charge in [-0.3, -0.25) is 4.99 Å². The Morgan fingerprint density at radius 3 is 2.74 bits per heavy atom. The van der Waals surface area contributed by atoms with Crippen molar-refractivity contribution >= 4 is 33.4 Å². The van der Waals surface area contributed by atoms with Crippen LogP contribution in [0.25, 0.3) is 16.5 Å². The van der Waals surface area contributed by atoms with Gasteiger partial charge in [0, 0.05) is 28.0 Å². The summed E-state index contributed by atoms with van der Waals surface area (Å²) < 4.78 is 33.7. The van der Waals surface area contributed by atoms with Crippen LogP contribution in [-0.2, 0) is 0 Å². The maximum absolute atomic E-state index is 14.0. The summed E-state index contributed by atoms with van der Waals surface area (Å²) >= 11 is 1.53. The summed E-state index contributed by atoms with van der Waals surface area (Å²) in [6.07, 6.45) is 0. The van der Waals surface area contributed by atoms with Gasteiger partial charge in [0.1, 0.15) is 5.75 Å². The van der Waals surface area contributed by atoms with Crippen molar-refractivity contribution in [1.82, 2.24) is 4.90 Å². The highest BCUT2D eigenvalue weighted by Gasteiger charge is 2.51. The molecule has 6 heteroatoms. The molecule has 0 saturated carbocycles. The van der Waals surface area contributed by atoms with Gasteiger partial charge in [-0.05, 0) is 48.9 Å². The lowest BCUT2D eigenvalue weighted by molar-refractivity contribution is 0.0754. The van der Waals surface area contributed by atoms with E-state index in [1.807, 2.05) is 23.6 Å². The lowest BCUT2D eigenvalue weighted by Gasteiger charge is -2.51. The molecule has 0 radical (unpaired) electrons. The molecule has 0 unspecified atom stereocenters. The van der Waals surface area contributed by atoms with Crippen LogP contribution in [-0.4, -0.2) is 22.2 Å². The highest BCUT2D eigenvalue weighted by molar-refractivity contribution is 8.16. The van der Waals surface area contributed by atoms with E-state index in [0.29, 0.717) is 12.2 Å². The normalized spacial score (nSPS) is 23.4. The fraction of sp³-hybridized carbons (Fsp3) is 0.240. The van der Waals surface area contributed by atoms with Crippen LogP contribution >= 0.6 is 11.8 Å². The lowest BCUT2D eigenvalue weighted by Crippen LogP contribution is -2.56. The van der Waals surface area contributed by atoms with Crippen LogP contribution in [0.1, 0.15) is 31.0 Å². The quantitative estimate of drug-likeness (QED) is 0.445. The van der Waals surface area contributed by atoms with Crippen molar-refractivity contribution < 1.29 is 13.5 Å². The zero-order chi connectivity index (χ0) is 21.3. The van der Waals surface area contributed by atoms with Crippen LogP contribution in [0.2, 0.25) is 0 Å². The number of fused-ring (bicyclic) bond motifs is 6. The average molecular weight is 435 g/mol. The van der Waals surface area contributed by atoms with Crippen LogP contribution < -0.4 is 4.74 Å². The highest BCUT2D eigenvalue weighted by Crippen LogP contribution is 2.54. The second-order valence-electron chi connectivity index (χ2n) is 8.71. The van der Waals surface area contributed by atoms with E-state index in [2.05, 4.69) is 36.9 Å². The summed E-state index contributed by atoms with van der Waals surface area (Å²) in [5.41, 5.74) is 2.29. The van der Waals surface area contributed by atoms with Gasteiger partial charge in [-0.15, -0.1) is 0 Å². The van der Waals surface area contributed by atoms with E-state index in [0.717, 1.165) is 22.2 Å². The lowest BCUT2D eigenvalue weighted by atomic mass is 9.74. The number of aliphatic imine (C=N–C) groups is 1. The zero-order valence-corrected chi connectivity index (χ0v) is 17.9. The molecule has 3 aromatic carbocycles. The molecule has 0 fully saturated rings. The molecule has 3 aliphatic rings. The summed E-state index contributed by atoms with van der Waals surface area (Å²) in [4.78, 5) is 7.33. The summed E-state index contributed by atoms with van der Waals surface area (Å²) in [6.45, 7) is 4.91. The minimum atomic E-state index is -0.845. The van der Waals surface area contributed by atoms with Crippen molar-refractivity contribution in [3.05, 3.63) is 82.8 Å². The number of nitrogens with zero attached hydrogens (tertiary/aromatic N) is 2. The van der Waals surface area contributed by atoms with Crippen molar-refractivity contribution in [2.75, 3.05) is 6.61 Å². The standard InChI is InChI=1S/C25H20F2N2OS/c1-25(2)17-12-30-21-10-8-14-5-3-4-6-16(14)22(21)23(17)28-24-29(25)20(13-31-24)15-7-9-18(26)19(27)11-15/h3-11,13,17,23H,12H2,1-2H3/t17-,23-/m0/s1. The van der Waals surface area contributed by atoms with Crippen molar-refractivity contribution in [2.24, 2.45) is 10.9 Å². The third-order valence-corrected chi connectivity index (χ3v) is 7.52. The highest BCUT2D eigenvalue weighted by atomic mass is 32.2. The summed E-state index contributed by atoms with van der Waals surface area (Å²) in [6, 6.07) is 16.5. The van der Waals surface area contributed by atoms with Crippen molar-refractivity contribution in [2.45, 2.75) is 25.4 Å². The number of ether oxygens (including phenoxy) is 1. The molecular formula is C25H20F2N2OS. The van der Waals surface area contributed by atoms with E-state index in [1.165, 1.54) is 34.7 Å². The molecule has 3 aliphatic heterocycles. The van der Waals surface area contributed by atoms with Gasteiger partial charge in [0.15, 0.2) is 16.8 Å². The van der Waals surface area contributed by atoms with E-state index < -0.39 is 11.6 Å². The molecule has 2 atom stereocenters. The topological polar surface area (TPSA) is 24.8 Å². The van der Waals surface area contributed by atoms with Gasteiger partial charge < -0.3 is 9.64 Å². The maximum atomic E-state index is 14.0. The van der Waals surface area contributed by atoms with Crippen LogP contribution in [0.3, 0.4) is 0 Å². The maximum Gasteiger partial charge on any atom is 0.169 e. The number of hydrogen-bond donors (Lipinski definition) is 0. The molecule has 31 heavy (non-hydrogen) atoms. The first-order valence-corrected chi connectivity index (χ1v) is 11.2. The summed E-state index contributed by atoms with van der Waals surface area (Å²) in [5, 5.41) is 5.20. The Morgan fingerprint density at radius 2 is 1.90 bits per heavy atom. The third kappa shape index (κ3) is 2.67. The Balaban J connectivity index is 1.50. The largest absolute Gasteiger partial charge is 0.493 e. The molecule has 3 heterocycles. The predicted octanol–water partition coefficient (Wildman–Crippen LogP) is 6.36. The van der Waals surface area contributed by atoms with E-state index >= 15 is 0 Å². The first kappa shape index (κ1) is 18.9. The average Bonchev–Trinajstić information content (AvgIpc) is 3.20. The van der Waals surface area contributed by atoms with E-state index in [4.69, 9.17) is 9.73 Å². The van der Waals surface area contributed by atoms with Crippen molar-refractivity contribution in [1.29, 1.82) is 0 Å². The zero-order valence-electron chi connectivity index (χ0n) is 17.1. The first-order valence-electron chi connectivity index (χ1n) is 10.3. The number of hydrogen-bond acceptors (Lipinski definition) is 4. The predicted molar refractivity (Wildman–Crippen MR) is 121 cm³/mol. The van der Waals surface area contributed by atoms with Gasteiger partial charge in [0.05, 0.1) is 18.3 Å². The monoisotopic (exact) mass is 434 g/mol. The van der Waals surface area contributed by atoms with E-state index in [-0.39, 0.29) is 17.5 Å². The molecule has 0 N–H and O–H groups in total. The first-order chi connectivity index (χ1) is 14.9. The number of benzene rings is 3. The molecular weight excluding hydrogens is 414 g/mol. The van der Waals surface area contributed by atoms with Gasteiger partial charge in [0.25, 0.3) is 0 Å². The second kappa shape index (κ2) is 6.57. The number of amidine groups is 1. The Morgan fingerprint density at radius 1 is 1.06 bits per heavy atom. The van der Waals surface area contributed by atoms with Crippen LogP contribution in [0.15, 0.2) is 65.0 Å². The van der Waals surface area contributed by atoms with Gasteiger partial charge in [0.2, 0.25) is 0 Å². The Bertz CT molecular complexity index is 1300. The fourth-order valence-electron chi connectivity index (χ4n) is 5.02. The molecule has 156 valence electrons. The third-order valence-electron chi connectivity index (χ3n) is 6.68. The van der Waals surface area contributed by atoms with Gasteiger partial charge >= 0.3 is 0 Å². The van der Waals surface area contributed by atoms with E-state index in [1.54, 1.807) is 6.07 Å². The van der Waals surface area contributed by atoms with Gasteiger partial charge in [-0.1, -0.05) is 42.1 Å². The smallest absolute Gasteiger partial charge is 0.169 e. The molecule has 0 aliphatic carbocycles. The van der Waals surface area contributed by atoms with Gasteiger partial charge in [-0.2, -0.15) is 0 Å². The molecule has 0 bridgehead atoms. The van der Waals surface area contributed by atoms with Gasteiger partial charge in [-0.25, -0.2) is 8.78 Å². The van der Waals surface area contributed by atoms with Crippen molar-refractivity contribution in [3.63, 3.8) is 0 Å². The number of halogens is 2. The molecule has 0 spiro atoms. The molecule has 3 aromatic rings. The second-order valence-corrected chi connectivity index (χ2v) is 9.55. The number of rotatable bonds is 1. The molecule has 3 nitrogen and oxygen atoms in total. The molecule has 0 amide bonds.